The largest absolute Gasteiger partial charge is 0.498 e. The summed E-state index contributed by atoms with van der Waals surface area (Å²) in [5.41, 5.74) is 6.90. The van der Waals surface area contributed by atoms with Crippen LogP contribution >= 0.6 is 0 Å². The highest BCUT2D eigenvalue weighted by Crippen LogP contribution is 2.13. The normalized spacial score (nSPS) is 15.3. The van der Waals surface area contributed by atoms with E-state index in [2.05, 4.69) is 6.92 Å². The molecular weight excluding hydrogens is 214 g/mol. The molecule has 3 nitrogen and oxygen atoms in total. The predicted octanol–water partition coefficient (Wildman–Crippen LogP) is 3.36. The second-order valence-corrected chi connectivity index (χ2v) is 4.23. The van der Waals surface area contributed by atoms with Crippen molar-refractivity contribution in [2.24, 2.45) is 5.73 Å². The minimum Gasteiger partial charge on any atom is -0.498 e. The number of hydrogen-bond acceptors (Lipinski definition) is 3. The van der Waals surface area contributed by atoms with Crippen LogP contribution in [0.2, 0.25) is 0 Å². The second-order valence-electron chi connectivity index (χ2n) is 4.23. The van der Waals surface area contributed by atoms with Crippen LogP contribution in [0.15, 0.2) is 23.2 Å². The molecule has 1 atom stereocenters. The molecule has 100 valence electrons. The summed E-state index contributed by atoms with van der Waals surface area (Å²) >= 11 is 0. The van der Waals surface area contributed by atoms with Gasteiger partial charge in [0.05, 0.1) is 19.0 Å². The fourth-order valence-electron chi connectivity index (χ4n) is 1.25. The van der Waals surface area contributed by atoms with Crippen molar-refractivity contribution in [1.82, 2.24) is 0 Å². The highest BCUT2D eigenvalue weighted by atomic mass is 16.5. The molecule has 0 aliphatic carbocycles. The molecule has 2 N–H and O–H groups in total. The molecule has 0 bridgehead atoms. The Kier molecular flexibility index (Phi) is 8.60. The number of nitrogens with two attached hydrogens (primary N) is 1. The van der Waals surface area contributed by atoms with Gasteiger partial charge in [0, 0.05) is 12.1 Å². The predicted molar refractivity (Wildman–Crippen MR) is 72.6 cm³/mol. The van der Waals surface area contributed by atoms with Gasteiger partial charge in [0.25, 0.3) is 0 Å². The van der Waals surface area contributed by atoms with Gasteiger partial charge in [-0.25, -0.2) is 0 Å². The molecule has 0 rings (SSSR count). The maximum Gasteiger partial charge on any atom is 0.123 e. The van der Waals surface area contributed by atoms with E-state index in [1.54, 1.807) is 0 Å². The van der Waals surface area contributed by atoms with E-state index in [1.165, 1.54) is 0 Å². The number of unbranched alkanes of at least 4 members (excludes halogenated alkanes) is 1. The van der Waals surface area contributed by atoms with Crippen LogP contribution in [0.1, 0.15) is 47.5 Å². The molecule has 0 aromatic rings. The van der Waals surface area contributed by atoms with Crippen LogP contribution in [0.5, 0.6) is 0 Å². The van der Waals surface area contributed by atoms with Crippen molar-refractivity contribution >= 4 is 0 Å². The molecule has 0 saturated carbocycles. The van der Waals surface area contributed by atoms with Gasteiger partial charge >= 0.3 is 0 Å². The average Bonchev–Trinajstić information content (AvgIpc) is 2.27. The lowest BCUT2D eigenvalue weighted by molar-refractivity contribution is 0.200. The average molecular weight is 241 g/mol. The minimum absolute atomic E-state index is 0.00348. The van der Waals surface area contributed by atoms with Crippen molar-refractivity contribution in [3.8, 4) is 0 Å². The molecule has 0 amide bonds. The van der Waals surface area contributed by atoms with Gasteiger partial charge in [-0.15, -0.1) is 0 Å². The summed E-state index contributed by atoms with van der Waals surface area (Å²) in [5, 5.41) is 0. The molecular formula is C14H27NO2. The third kappa shape index (κ3) is 7.05. The van der Waals surface area contributed by atoms with Crippen molar-refractivity contribution in [3.05, 3.63) is 23.2 Å². The van der Waals surface area contributed by atoms with Gasteiger partial charge in [-0.1, -0.05) is 13.3 Å². The van der Waals surface area contributed by atoms with Gasteiger partial charge in [0.2, 0.25) is 0 Å². The molecule has 0 aliphatic rings. The van der Waals surface area contributed by atoms with Crippen LogP contribution in [0, 0.1) is 0 Å². The number of allylic oxidation sites excluding steroid dienone is 2. The van der Waals surface area contributed by atoms with Crippen molar-refractivity contribution in [1.29, 1.82) is 0 Å². The first-order valence-corrected chi connectivity index (χ1v) is 6.43. The quantitative estimate of drug-likeness (QED) is 0.402. The van der Waals surface area contributed by atoms with E-state index >= 15 is 0 Å². The van der Waals surface area contributed by atoms with Gasteiger partial charge in [0.1, 0.15) is 5.76 Å². The Morgan fingerprint density at radius 1 is 1.24 bits per heavy atom. The SMILES string of the molecule is CCCCO/C(C)=C/C(OCC)=C(\C)C(C)N. The highest BCUT2D eigenvalue weighted by molar-refractivity contribution is 5.23. The zero-order valence-corrected chi connectivity index (χ0v) is 11.9. The first-order chi connectivity index (χ1) is 8.02. The highest BCUT2D eigenvalue weighted by Gasteiger charge is 2.06. The number of ether oxygens (including phenoxy) is 2. The van der Waals surface area contributed by atoms with E-state index in [-0.39, 0.29) is 6.04 Å². The lowest BCUT2D eigenvalue weighted by Gasteiger charge is -2.14. The van der Waals surface area contributed by atoms with Gasteiger partial charge in [-0.2, -0.15) is 0 Å². The summed E-state index contributed by atoms with van der Waals surface area (Å²) in [4.78, 5) is 0. The van der Waals surface area contributed by atoms with Gasteiger partial charge < -0.3 is 15.2 Å². The second kappa shape index (κ2) is 9.11. The van der Waals surface area contributed by atoms with Crippen LogP contribution in [0.25, 0.3) is 0 Å². The first kappa shape index (κ1) is 16.0. The molecule has 0 radical (unpaired) electrons. The van der Waals surface area contributed by atoms with Crippen molar-refractivity contribution in [2.75, 3.05) is 13.2 Å². The third-order valence-corrected chi connectivity index (χ3v) is 2.53. The maximum absolute atomic E-state index is 5.86. The monoisotopic (exact) mass is 241 g/mol. The molecule has 0 spiro atoms. The zero-order chi connectivity index (χ0) is 13.3. The van der Waals surface area contributed by atoms with Crippen LogP contribution in [0.4, 0.5) is 0 Å². The van der Waals surface area contributed by atoms with Crippen molar-refractivity contribution < 1.29 is 9.47 Å². The maximum atomic E-state index is 5.86. The van der Waals surface area contributed by atoms with Crippen molar-refractivity contribution in [2.45, 2.75) is 53.5 Å². The summed E-state index contributed by atoms with van der Waals surface area (Å²) in [6.07, 6.45) is 4.14. The van der Waals surface area contributed by atoms with E-state index in [0.29, 0.717) is 6.61 Å². The molecule has 17 heavy (non-hydrogen) atoms. The Labute approximate surface area is 106 Å². The van der Waals surface area contributed by atoms with Crippen LogP contribution in [0.3, 0.4) is 0 Å². The molecule has 0 fully saturated rings. The Hall–Kier alpha value is -0.960. The lowest BCUT2D eigenvalue weighted by atomic mass is 10.1. The first-order valence-electron chi connectivity index (χ1n) is 6.43. The summed E-state index contributed by atoms with van der Waals surface area (Å²) in [6, 6.07) is -0.00348. The number of hydrogen-bond donors (Lipinski definition) is 1. The third-order valence-electron chi connectivity index (χ3n) is 2.53. The Balaban J connectivity index is 4.62. The number of rotatable bonds is 8. The van der Waals surface area contributed by atoms with E-state index in [0.717, 1.165) is 36.5 Å². The zero-order valence-electron chi connectivity index (χ0n) is 11.9. The molecule has 3 heteroatoms. The minimum atomic E-state index is -0.00348. The molecule has 0 saturated heterocycles. The van der Waals surface area contributed by atoms with Gasteiger partial charge in [0.15, 0.2) is 0 Å². The Morgan fingerprint density at radius 2 is 1.88 bits per heavy atom. The van der Waals surface area contributed by atoms with Crippen LogP contribution in [-0.2, 0) is 9.47 Å². The van der Waals surface area contributed by atoms with Crippen LogP contribution in [-0.4, -0.2) is 19.3 Å². The van der Waals surface area contributed by atoms with E-state index in [1.807, 2.05) is 33.8 Å². The molecule has 0 aromatic carbocycles. The summed E-state index contributed by atoms with van der Waals surface area (Å²) < 4.78 is 11.2. The Bertz CT molecular complexity index is 267. The topological polar surface area (TPSA) is 44.5 Å². The Morgan fingerprint density at radius 3 is 2.35 bits per heavy atom. The molecule has 0 heterocycles. The van der Waals surface area contributed by atoms with Gasteiger partial charge in [-0.3, -0.25) is 0 Å². The fourth-order valence-corrected chi connectivity index (χ4v) is 1.25. The summed E-state index contributed by atoms with van der Waals surface area (Å²) in [7, 11) is 0. The molecule has 0 aromatic heterocycles. The molecule has 0 aliphatic heterocycles. The summed E-state index contributed by atoms with van der Waals surface area (Å²) in [6.45, 7) is 11.4. The van der Waals surface area contributed by atoms with Crippen LogP contribution < -0.4 is 5.73 Å². The molecule has 1 unspecified atom stereocenters. The van der Waals surface area contributed by atoms with Crippen molar-refractivity contribution in [3.63, 3.8) is 0 Å². The van der Waals surface area contributed by atoms with Gasteiger partial charge in [-0.05, 0) is 39.7 Å². The standard InChI is InChI=1S/C14H27NO2/c1-6-8-9-17-11(3)10-14(16-7-2)12(4)13(5)15/h10,13H,6-9,15H2,1-5H3/b11-10+,14-12-. The summed E-state index contributed by atoms with van der Waals surface area (Å²) in [5.74, 6) is 1.71. The van der Waals surface area contributed by atoms with E-state index in [4.69, 9.17) is 15.2 Å². The fraction of sp³-hybridized carbons (Fsp3) is 0.714. The van der Waals surface area contributed by atoms with E-state index in [9.17, 15) is 0 Å². The smallest absolute Gasteiger partial charge is 0.123 e. The van der Waals surface area contributed by atoms with E-state index < -0.39 is 0 Å². The lowest BCUT2D eigenvalue weighted by Crippen LogP contribution is -2.18.